The Hall–Kier alpha value is -3.21. The van der Waals surface area contributed by atoms with Gasteiger partial charge in [-0.05, 0) is 35.9 Å². The van der Waals surface area contributed by atoms with Crippen molar-refractivity contribution >= 4 is 34.5 Å². The lowest BCUT2D eigenvalue weighted by Crippen LogP contribution is -2.38. The number of nitrogens with one attached hydrogen (secondary N) is 3. The molecule has 0 radical (unpaired) electrons. The summed E-state index contributed by atoms with van der Waals surface area (Å²) in [7, 11) is 0. The van der Waals surface area contributed by atoms with Crippen molar-refractivity contribution in [3.05, 3.63) is 81.8 Å². The van der Waals surface area contributed by atoms with Crippen LogP contribution in [0, 0.1) is 0 Å². The van der Waals surface area contributed by atoms with Gasteiger partial charge in [-0.15, -0.1) is 30.0 Å². The molecule has 6 nitrogen and oxygen atoms in total. The van der Waals surface area contributed by atoms with Crippen molar-refractivity contribution in [1.29, 1.82) is 0 Å². The Balaban J connectivity index is 1.42. The zero-order valence-electron chi connectivity index (χ0n) is 16.2. The van der Waals surface area contributed by atoms with Crippen molar-refractivity contribution in [3.8, 4) is 16.9 Å². The molecule has 0 saturated heterocycles. The van der Waals surface area contributed by atoms with Crippen LogP contribution in [0.2, 0.25) is 4.34 Å². The zero-order chi connectivity index (χ0) is 22.7. The van der Waals surface area contributed by atoms with Gasteiger partial charge in [0.15, 0.2) is 0 Å². The summed E-state index contributed by atoms with van der Waals surface area (Å²) in [5.41, 5.74) is 8.25. The van der Waals surface area contributed by atoms with Crippen LogP contribution < -0.4 is 26.0 Å². The normalized spacial score (nSPS) is 13.5. The molecule has 0 unspecified atom stereocenters. The SMILES string of the molecule is O=C(NCC1=CN(c2ccc(-c3ccccc3OC(F)(F)F)cc2)NN1)c1ccc(Cl)s1. The third-order valence-corrected chi connectivity index (χ3v) is 5.66. The minimum absolute atomic E-state index is 0.229. The van der Waals surface area contributed by atoms with Gasteiger partial charge in [-0.2, -0.15) is 0 Å². The third-order valence-electron chi connectivity index (χ3n) is 4.43. The quantitative estimate of drug-likeness (QED) is 0.460. The Morgan fingerprint density at radius 2 is 1.84 bits per heavy atom. The fourth-order valence-corrected chi connectivity index (χ4v) is 3.96. The second-order valence-electron chi connectivity index (χ2n) is 6.64. The number of nitrogens with zero attached hydrogens (tertiary/aromatic N) is 1. The largest absolute Gasteiger partial charge is 0.573 e. The van der Waals surface area contributed by atoms with Crippen LogP contribution in [0.1, 0.15) is 9.67 Å². The highest BCUT2D eigenvalue weighted by atomic mass is 35.5. The van der Waals surface area contributed by atoms with Crippen LogP contribution in [-0.2, 0) is 0 Å². The van der Waals surface area contributed by atoms with Gasteiger partial charge in [-0.3, -0.25) is 9.80 Å². The molecule has 3 aromatic rings. The number of benzene rings is 2. The third kappa shape index (κ3) is 5.34. The second-order valence-corrected chi connectivity index (χ2v) is 8.35. The van der Waals surface area contributed by atoms with Crippen molar-refractivity contribution < 1.29 is 22.7 Å². The number of amides is 1. The number of hydrazine groups is 2. The number of hydrogen-bond donors (Lipinski definition) is 3. The summed E-state index contributed by atoms with van der Waals surface area (Å²) < 4.78 is 42.7. The lowest BCUT2D eigenvalue weighted by atomic mass is 10.0. The first-order valence-electron chi connectivity index (χ1n) is 9.29. The number of hydrogen-bond acceptors (Lipinski definition) is 6. The minimum Gasteiger partial charge on any atom is -0.405 e. The van der Waals surface area contributed by atoms with Gasteiger partial charge in [-0.1, -0.05) is 41.9 Å². The minimum atomic E-state index is -4.77. The molecule has 1 aliphatic heterocycles. The summed E-state index contributed by atoms with van der Waals surface area (Å²) in [6.45, 7) is 0.262. The summed E-state index contributed by atoms with van der Waals surface area (Å²) in [5, 5.41) is 4.48. The number of alkyl halides is 3. The summed E-state index contributed by atoms with van der Waals surface area (Å²) in [6.07, 6.45) is -3.01. The van der Waals surface area contributed by atoms with Crippen LogP contribution in [0.25, 0.3) is 11.1 Å². The van der Waals surface area contributed by atoms with E-state index in [1.54, 1.807) is 59.7 Å². The molecular weight excluding hydrogens is 465 g/mol. The van der Waals surface area contributed by atoms with Gasteiger partial charge in [0.05, 0.1) is 27.1 Å². The van der Waals surface area contributed by atoms with Gasteiger partial charge < -0.3 is 15.5 Å². The molecule has 0 aliphatic carbocycles. The number of rotatable bonds is 6. The smallest absolute Gasteiger partial charge is 0.405 e. The van der Waals surface area contributed by atoms with Crippen LogP contribution in [-0.4, -0.2) is 18.8 Å². The fraction of sp³-hybridized carbons (Fsp3) is 0.0952. The van der Waals surface area contributed by atoms with Crippen molar-refractivity contribution in [2.24, 2.45) is 0 Å². The molecule has 166 valence electrons. The standard InChI is InChI=1S/C21H16ClF3N4O2S/c22-19-10-9-18(32-19)20(30)26-11-14-12-29(28-27-14)15-7-5-13(6-8-15)16-3-1-2-4-17(16)31-21(23,24)25/h1-10,12,27-28H,11H2,(H,26,30). The molecule has 1 amide bonds. The highest BCUT2D eigenvalue weighted by Crippen LogP contribution is 2.34. The Bertz CT molecular complexity index is 1150. The van der Waals surface area contributed by atoms with E-state index in [4.69, 9.17) is 11.6 Å². The fourth-order valence-electron chi connectivity index (χ4n) is 3.00. The average Bonchev–Trinajstić information content (AvgIpc) is 3.41. The van der Waals surface area contributed by atoms with E-state index in [1.165, 1.54) is 23.5 Å². The predicted octanol–water partition coefficient (Wildman–Crippen LogP) is 5.07. The second kappa shape index (κ2) is 9.11. The highest BCUT2D eigenvalue weighted by molar-refractivity contribution is 7.18. The number of anilines is 1. The van der Waals surface area contributed by atoms with E-state index in [-0.39, 0.29) is 18.2 Å². The maximum atomic E-state index is 12.7. The summed E-state index contributed by atoms with van der Waals surface area (Å²) in [4.78, 5) is 12.6. The van der Waals surface area contributed by atoms with Gasteiger partial charge in [0.25, 0.3) is 5.91 Å². The van der Waals surface area contributed by atoms with Gasteiger partial charge in [0.2, 0.25) is 0 Å². The van der Waals surface area contributed by atoms with Crippen molar-refractivity contribution in [2.75, 3.05) is 11.6 Å². The maximum absolute atomic E-state index is 12.7. The topological polar surface area (TPSA) is 65.6 Å². The van der Waals surface area contributed by atoms with Crippen molar-refractivity contribution in [3.63, 3.8) is 0 Å². The maximum Gasteiger partial charge on any atom is 0.573 e. The molecule has 1 aromatic heterocycles. The number of ether oxygens (including phenoxy) is 1. The van der Waals surface area contributed by atoms with Crippen LogP contribution >= 0.6 is 22.9 Å². The van der Waals surface area contributed by atoms with E-state index in [2.05, 4.69) is 21.0 Å². The Kier molecular flexibility index (Phi) is 6.26. The molecule has 2 aromatic carbocycles. The average molecular weight is 481 g/mol. The monoisotopic (exact) mass is 480 g/mol. The lowest BCUT2D eigenvalue weighted by molar-refractivity contribution is -0.274. The Morgan fingerprint density at radius 3 is 2.53 bits per heavy atom. The summed E-state index contributed by atoms with van der Waals surface area (Å²) in [5.74, 6) is -0.495. The summed E-state index contributed by atoms with van der Waals surface area (Å²) in [6, 6.07) is 16.2. The van der Waals surface area contributed by atoms with E-state index in [0.717, 1.165) is 5.69 Å². The molecule has 0 atom stereocenters. The molecule has 1 aliphatic rings. The molecule has 2 heterocycles. The zero-order valence-corrected chi connectivity index (χ0v) is 17.8. The van der Waals surface area contributed by atoms with E-state index >= 15 is 0 Å². The van der Waals surface area contributed by atoms with Crippen LogP contribution in [0.15, 0.2) is 72.6 Å². The molecule has 3 N–H and O–H groups in total. The molecule has 32 heavy (non-hydrogen) atoms. The molecule has 0 saturated carbocycles. The Morgan fingerprint density at radius 1 is 1.09 bits per heavy atom. The molecule has 0 spiro atoms. The molecule has 0 bridgehead atoms. The molecule has 4 rings (SSSR count). The highest BCUT2D eigenvalue weighted by Gasteiger charge is 2.32. The van der Waals surface area contributed by atoms with Gasteiger partial charge in [0, 0.05) is 11.8 Å². The van der Waals surface area contributed by atoms with Crippen LogP contribution in [0.3, 0.4) is 0 Å². The van der Waals surface area contributed by atoms with Gasteiger partial charge >= 0.3 is 6.36 Å². The van der Waals surface area contributed by atoms with E-state index < -0.39 is 6.36 Å². The first kappa shape index (κ1) is 22.0. The molecule has 11 heteroatoms. The van der Waals surface area contributed by atoms with E-state index in [9.17, 15) is 18.0 Å². The molecular formula is C21H16ClF3N4O2S. The van der Waals surface area contributed by atoms with Gasteiger partial charge in [-0.25, -0.2) is 0 Å². The number of thiophene rings is 1. The predicted molar refractivity (Wildman–Crippen MR) is 117 cm³/mol. The lowest BCUT2D eigenvalue weighted by Gasteiger charge is -2.16. The summed E-state index contributed by atoms with van der Waals surface area (Å²) >= 11 is 7.04. The van der Waals surface area contributed by atoms with Crippen LogP contribution in [0.5, 0.6) is 5.75 Å². The number of halogens is 4. The first-order chi connectivity index (χ1) is 15.3. The van der Waals surface area contributed by atoms with Crippen molar-refractivity contribution in [1.82, 2.24) is 16.3 Å². The number of para-hydroxylation sites is 1. The first-order valence-corrected chi connectivity index (χ1v) is 10.5. The van der Waals surface area contributed by atoms with Crippen LogP contribution in [0.4, 0.5) is 18.9 Å². The number of carbonyl (C=O) groups excluding carboxylic acids is 1. The van der Waals surface area contributed by atoms with Crippen molar-refractivity contribution in [2.45, 2.75) is 6.36 Å². The Labute approximate surface area is 190 Å². The van der Waals surface area contributed by atoms with Gasteiger partial charge in [0.1, 0.15) is 5.75 Å². The van der Waals surface area contributed by atoms with E-state index in [0.29, 0.717) is 26.0 Å². The molecule has 0 fully saturated rings. The van der Waals surface area contributed by atoms with E-state index in [1.807, 2.05) is 0 Å². The number of carbonyl (C=O) groups is 1.